The van der Waals surface area contributed by atoms with Crippen LogP contribution in [0.15, 0.2) is 28.7 Å². The van der Waals surface area contributed by atoms with Crippen LogP contribution in [0.4, 0.5) is 0 Å². The minimum atomic E-state index is 0.168. The number of hydrogen-bond donors (Lipinski definition) is 1. The van der Waals surface area contributed by atoms with Crippen molar-refractivity contribution in [2.24, 2.45) is 17.6 Å². The van der Waals surface area contributed by atoms with E-state index in [0.717, 1.165) is 16.3 Å². The van der Waals surface area contributed by atoms with Crippen molar-refractivity contribution in [2.75, 3.05) is 13.1 Å². The van der Waals surface area contributed by atoms with Crippen molar-refractivity contribution in [3.63, 3.8) is 0 Å². The first-order valence-corrected chi connectivity index (χ1v) is 8.68. The Kier molecular flexibility index (Phi) is 4.49. The summed E-state index contributed by atoms with van der Waals surface area (Å²) in [5.74, 6) is 1.84. The van der Waals surface area contributed by atoms with Crippen molar-refractivity contribution in [3.05, 3.63) is 34.3 Å². The number of nitrogens with zero attached hydrogens (tertiary/aromatic N) is 1. The number of hydrogen-bond acceptors (Lipinski definition) is 2. The molecule has 2 aliphatic rings. The van der Waals surface area contributed by atoms with Gasteiger partial charge in [-0.15, -0.1) is 0 Å². The summed E-state index contributed by atoms with van der Waals surface area (Å²) in [6.07, 6.45) is 5.63. The topological polar surface area (TPSA) is 29.3 Å². The maximum atomic E-state index is 6.35. The Morgan fingerprint density at radius 1 is 1.20 bits per heavy atom. The monoisotopic (exact) mass is 336 g/mol. The van der Waals surface area contributed by atoms with Gasteiger partial charge in [0.05, 0.1) is 0 Å². The molecule has 3 heteroatoms. The van der Waals surface area contributed by atoms with Crippen LogP contribution in [0.3, 0.4) is 0 Å². The van der Waals surface area contributed by atoms with Crippen LogP contribution in [0.1, 0.15) is 44.2 Å². The molecule has 0 radical (unpaired) electrons. The Morgan fingerprint density at radius 2 is 1.80 bits per heavy atom. The van der Waals surface area contributed by atoms with Gasteiger partial charge in [0.15, 0.2) is 0 Å². The van der Waals surface area contributed by atoms with Crippen molar-refractivity contribution < 1.29 is 0 Å². The fourth-order valence-corrected chi connectivity index (χ4v) is 3.52. The zero-order chi connectivity index (χ0) is 14.1. The van der Waals surface area contributed by atoms with E-state index in [4.69, 9.17) is 5.73 Å². The Bertz CT molecular complexity index is 438. The minimum absolute atomic E-state index is 0.168. The van der Waals surface area contributed by atoms with E-state index in [1.807, 2.05) is 0 Å². The molecule has 0 aliphatic heterocycles. The van der Waals surface area contributed by atoms with Crippen molar-refractivity contribution in [2.45, 2.75) is 44.7 Å². The smallest absolute Gasteiger partial charge is 0.0497 e. The standard InChI is InChI=1S/C17H25BrN2/c1-12(19)17(15-3-2-4-16(18)9-15)20(10-13-5-6-13)11-14-7-8-14/h2-4,9,12-14,17H,5-8,10-11,19H2,1H3. The zero-order valence-corrected chi connectivity index (χ0v) is 13.8. The summed E-state index contributed by atoms with van der Waals surface area (Å²) in [6, 6.07) is 9.21. The Labute approximate surface area is 130 Å². The van der Waals surface area contributed by atoms with Crippen LogP contribution in [0.5, 0.6) is 0 Å². The molecule has 2 saturated carbocycles. The third-order valence-corrected chi connectivity index (χ3v) is 4.95. The molecule has 2 aliphatic carbocycles. The van der Waals surface area contributed by atoms with Crippen LogP contribution in [0, 0.1) is 11.8 Å². The van der Waals surface area contributed by atoms with Gasteiger partial charge in [-0.25, -0.2) is 0 Å². The molecular formula is C17H25BrN2. The summed E-state index contributed by atoms with van der Waals surface area (Å²) in [5.41, 5.74) is 7.71. The van der Waals surface area contributed by atoms with Gasteiger partial charge in [0.2, 0.25) is 0 Å². The maximum Gasteiger partial charge on any atom is 0.0497 e. The highest BCUT2D eigenvalue weighted by atomic mass is 79.9. The number of nitrogens with two attached hydrogens (primary N) is 1. The van der Waals surface area contributed by atoms with E-state index in [1.54, 1.807) is 0 Å². The van der Waals surface area contributed by atoms with Gasteiger partial charge in [-0.2, -0.15) is 0 Å². The molecule has 0 bridgehead atoms. The van der Waals surface area contributed by atoms with Crippen molar-refractivity contribution >= 4 is 15.9 Å². The first-order chi connectivity index (χ1) is 9.63. The summed E-state index contributed by atoms with van der Waals surface area (Å²) >= 11 is 3.60. The Hall–Kier alpha value is -0.380. The van der Waals surface area contributed by atoms with Gasteiger partial charge in [0.1, 0.15) is 0 Å². The number of rotatable bonds is 7. The van der Waals surface area contributed by atoms with E-state index in [1.165, 1.54) is 44.3 Å². The maximum absolute atomic E-state index is 6.35. The molecule has 0 amide bonds. The predicted molar refractivity (Wildman–Crippen MR) is 87.6 cm³/mol. The number of halogens is 1. The average molecular weight is 337 g/mol. The van der Waals surface area contributed by atoms with E-state index >= 15 is 0 Å². The highest BCUT2D eigenvalue weighted by molar-refractivity contribution is 9.10. The van der Waals surface area contributed by atoms with Crippen LogP contribution in [-0.2, 0) is 0 Å². The molecule has 1 aromatic carbocycles. The molecule has 0 saturated heterocycles. The summed E-state index contributed by atoms with van der Waals surface area (Å²) in [5, 5.41) is 0. The van der Waals surface area contributed by atoms with E-state index < -0.39 is 0 Å². The molecule has 2 nitrogen and oxygen atoms in total. The highest BCUT2D eigenvalue weighted by Gasteiger charge is 2.34. The van der Waals surface area contributed by atoms with Crippen LogP contribution in [-0.4, -0.2) is 24.0 Å². The lowest BCUT2D eigenvalue weighted by molar-refractivity contribution is 0.161. The Balaban J connectivity index is 1.80. The fourth-order valence-electron chi connectivity index (χ4n) is 3.10. The van der Waals surface area contributed by atoms with Gasteiger partial charge in [-0.1, -0.05) is 28.1 Å². The second kappa shape index (κ2) is 6.17. The van der Waals surface area contributed by atoms with Crippen molar-refractivity contribution in [3.8, 4) is 0 Å². The summed E-state index contributed by atoms with van der Waals surface area (Å²) in [4.78, 5) is 2.67. The largest absolute Gasteiger partial charge is 0.326 e. The minimum Gasteiger partial charge on any atom is -0.326 e. The van der Waals surface area contributed by atoms with Gasteiger partial charge >= 0.3 is 0 Å². The highest BCUT2D eigenvalue weighted by Crippen LogP contribution is 2.38. The zero-order valence-electron chi connectivity index (χ0n) is 12.3. The molecular weight excluding hydrogens is 312 g/mol. The lowest BCUT2D eigenvalue weighted by Crippen LogP contribution is -2.41. The van der Waals surface area contributed by atoms with Crippen LogP contribution >= 0.6 is 15.9 Å². The second-order valence-corrected chi connectivity index (χ2v) is 7.62. The lowest BCUT2D eigenvalue weighted by atomic mass is 9.98. The van der Waals surface area contributed by atoms with E-state index in [9.17, 15) is 0 Å². The van der Waals surface area contributed by atoms with Crippen LogP contribution < -0.4 is 5.73 Å². The predicted octanol–water partition coefficient (Wildman–Crippen LogP) is 3.96. The molecule has 20 heavy (non-hydrogen) atoms. The molecule has 1 aromatic rings. The average Bonchev–Trinajstić information content (AvgIpc) is 3.24. The molecule has 2 atom stereocenters. The molecule has 2 unspecified atom stereocenters. The van der Waals surface area contributed by atoms with E-state index in [2.05, 4.69) is 52.0 Å². The summed E-state index contributed by atoms with van der Waals surface area (Å²) in [7, 11) is 0. The van der Waals surface area contributed by atoms with Gasteiger partial charge in [-0.05, 0) is 62.1 Å². The third kappa shape index (κ3) is 3.84. The molecule has 2 fully saturated rings. The molecule has 0 heterocycles. The summed E-state index contributed by atoms with van der Waals surface area (Å²) in [6.45, 7) is 4.61. The van der Waals surface area contributed by atoms with Crippen LogP contribution in [0.25, 0.3) is 0 Å². The third-order valence-electron chi connectivity index (χ3n) is 4.46. The molecule has 0 aromatic heterocycles. The molecule has 3 rings (SSSR count). The van der Waals surface area contributed by atoms with Gasteiger partial charge in [-0.3, -0.25) is 4.90 Å². The van der Waals surface area contributed by atoms with Crippen molar-refractivity contribution in [1.82, 2.24) is 4.90 Å². The SMILES string of the molecule is CC(N)C(c1cccc(Br)c1)N(CC1CC1)CC1CC1. The van der Waals surface area contributed by atoms with Gasteiger partial charge in [0.25, 0.3) is 0 Å². The second-order valence-electron chi connectivity index (χ2n) is 6.70. The molecule has 110 valence electrons. The van der Waals surface area contributed by atoms with Crippen LogP contribution in [0.2, 0.25) is 0 Å². The van der Waals surface area contributed by atoms with Gasteiger partial charge < -0.3 is 5.73 Å². The Morgan fingerprint density at radius 3 is 2.25 bits per heavy atom. The van der Waals surface area contributed by atoms with E-state index in [-0.39, 0.29) is 6.04 Å². The first kappa shape index (κ1) is 14.6. The molecule has 0 spiro atoms. The normalized spacial score (nSPS) is 22.0. The first-order valence-electron chi connectivity index (χ1n) is 7.88. The van der Waals surface area contributed by atoms with Crippen molar-refractivity contribution in [1.29, 1.82) is 0 Å². The van der Waals surface area contributed by atoms with E-state index in [0.29, 0.717) is 6.04 Å². The quantitative estimate of drug-likeness (QED) is 0.816. The van der Waals surface area contributed by atoms with Gasteiger partial charge in [0, 0.05) is 29.6 Å². The fraction of sp³-hybridized carbons (Fsp3) is 0.647. The summed E-state index contributed by atoms with van der Waals surface area (Å²) < 4.78 is 1.15. The lowest BCUT2D eigenvalue weighted by Gasteiger charge is -2.35. The number of benzene rings is 1. The molecule has 2 N–H and O–H groups in total.